The van der Waals surface area contributed by atoms with Gasteiger partial charge in [0.15, 0.2) is 0 Å². The topological polar surface area (TPSA) is 199 Å². The summed E-state index contributed by atoms with van der Waals surface area (Å²) in [6.45, 7) is 3.34. The van der Waals surface area contributed by atoms with Gasteiger partial charge >= 0.3 is 0 Å². The van der Waals surface area contributed by atoms with Gasteiger partial charge in [0.1, 0.15) is 44.0 Å². The maximum absolute atomic E-state index is 11.6. The molecule has 0 spiro atoms. The Morgan fingerprint density at radius 3 is 1.24 bits per heavy atom. The molecule has 0 aromatic heterocycles. The molecule has 12 nitrogen and oxygen atoms in total. The minimum absolute atomic E-state index is 0. The first-order valence-electron chi connectivity index (χ1n) is 14.3. The van der Waals surface area contributed by atoms with Gasteiger partial charge in [-0.25, -0.2) is 0 Å². The standard InChI is InChI=1S/2C17H13ClN2O4S.Sr/c2*1-10-8-14(16(9-13(10)18)25(22,23)24)19-20-17-12-5-3-2-4-11(12)6-7-15(17)21;/h2*2-9,21H,1H3,(H,22,23,24);. The van der Waals surface area contributed by atoms with E-state index in [1.807, 2.05) is 24.3 Å². The molecule has 4 N–H and O–H groups in total. The second kappa shape index (κ2) is 16.5. The summed E-state index contributed by atoms with van der Waals surface area (Å²) in [4.78, 5) is -0.904. The first-order valence-corrected chi connectivity index (χ1v) is 18.0. The van der Waals surface area contributed by atoms with E-state index in [0.29, 0.717) is 21.9 Å². The van der Waals surface area contributed by atoms with Gasteiger partial charge in [0.2, 0.25) is 0 Å². The molecule has 258 valence electrons. The molecule has 0 saturated carbocycles. The normalized spacial score (nSPS) is 11.9. The van der Waals surface area contributed by atoms with Crippen LogP contribution in [0.25, 0.3) is 21.5 Å². The van der Waals surface area contributed by atoms with E-state index < -0.39 is 30.0 Å². The molecule has 0 bridgehead atoms. The zero-order chi connectivity index (χ0) is 36.4. The zero-order valence-electron chi connectivity index (χ0n) is 26.7. The summed E-state index contributed by atoms with van der Waals surface area (Å²) in [5.41, 5.74) is 1.41. The fraction of sp³-hybridized carbons (Fsp3) is 0.0588. The Hall–Kier alpha value is -3.48. The molecular weight excluding hydrogens is 815 g/mol. The summed E-state index contributed by atoms with van der Waals surface area (Å²) in [5, 5.41) is 39.4. The summed E-state index contributed by atoms with van der Waals surface area (Å²) >= 11 is 11.8. The van der Waals surface area contributed by atoms with Crippen LogP contribution in [0.2, 0.25) is 10.0 Å². The first kappa shape index (κ1) is 40.3. The Balaban J connectivity index is 0.000000224. The van der Waals surface area contributed by atoms with Crippen molar-refractivity contribution >= 4 is 133 Å². The molecule has 0 aliphatic carbocycles. The van der Waals surface area contributed by atoms with Crippen molar-refractivity contribution in [1.29, 1.82) is 0 Å². The number of nitrogens with zero attached hydrogens (tertiary/aromatic N) is 4. The molecule has 6 aromatic rings. The number of hydrogen-bond donors (Lipinski definition) is 4. The average molecular weight is 841 g/mol. The predicted molar refractivity (Wildman–Crippen MR) is 197 cm³/mol. The summed E-state index contributed by atoms with van der Waals surface area (Å²) in [7, 11) is -9.06. The van der Waals surface area contributed by atoms with E-state index >= 15 is 0 Å². The number of aromatic hydroxyl groups is 2. The van der Waals surface area contributed by atoms with Crippen molar-refractivity contribution in [2.75, 3.05) is 0 Å². The van der Waals surface area contributed by atoms with E-state index in [1.165, 1.54) is 24.3 Å². The van der Waals surface area contributed by atoms with Gasteiger partial charge in [0, 0.05) is 66.3 Å². The largest absolute Gasteiger partial charge is 0.506 e. The fourth-order valence-electron chi connectivity index (χ4n) is 4.77. The van der Waals surface area contributed by atoms with Crippen molar-refractivity contribution < 1.29 is 36.2 Å². The Bertz CT molecular complexity index is 2410. The third-order valence-electron chi connectivity index (χ3n) is 7.31. The second-order valence-electron chi connectivity index (χ2n) is 10.8. The molecule has 0 fully saturated rings. The maximum Gasteiger partial charge on any atom is 0.296 e. The molecular formula is C34H26Cl2N4O8S2Sr. The van der Waals surface area contributed by atoms with Crippen LogP contribution in [0.15, 0.2) is 127 Å². The van der Waals surface area contributed by atoms with E-state index in [4.69, 9.17) is 23.2 Å². The van der Waals surface area contributed by atoms with Crippen LogP contribution in [-0.2, 0) is 20.2 Å². The van der Waals surface area contributed by atoms with Crippen LogP contribution in [0.3, 0.4) is 0 Å². The first-order chi connectivity index (χ1) is 23.5. The second-order valence-corrected chi connectivity index (χ2v) is 14.4. The van der Waals surface area contributed by atoms with Crippen molar-refractivity contribution in [1.82, 2.24) is 0 Å². The van der Waals surface area contributed by atoms with E-state index in [2.05, 4.69) is 20.5 Å². The van der Waals surface area contributed by atoms with Crippen LogP contribution >= 0.6 is 23.2 Å². The number of azo groups is 2. The van der Waals surface area contributed by atoms with Crippen molar-refractivity contribution in [2.24, 2.45) is 20.5 Å². The number of fused-ring (bicyclic) bond motifs is 2. The van der Waals surface area contributed by atoms with Crippen LogP contribution in [0, 0.1) is 13.8 Å². The molecule has 0 amide bonds. The third-order valence-corrected chi connectivity index (χ3v) is 9.89. The molecule has 17 heteroatoms. The quantitative estimate of drug-likeness (QED) is 0.0721. The molecule has 0 aliphatic heterocycles. The molecule has 0 saturated heterocycles. The Morgan fingerprint density at radius 1 is 0.529 bits per heavy atom. The van der Waals surface area contributed by atoms with Crippen LogP contribution in [0.1, 0.15) is 11.1 Å². The number of aryl methyl sites for hydroxylation is 2. The number of hydrogen-bond acceptors (Lipinski definition) is 10. The van der Waals surface area contributed by atoms with Crippen LogP contribution in [0.4, 0.5) is 22.7 Å². The summed E-state index contributed by atoms with van der Waals surface area (Å²) < 4.78 is 65.0. The number of phenols is 2. The van der Waals surface area contributed by atoms with Gasteiger partial charge < -0.3 is 10.2 Å². The Kier molecular flexibility index (Phi) is 13.0. The van der Waals surface area contributed by atoms with Crippen LogP contribution in [-0.4, -0.2) is 81.6 Å². The Labute approximate surface area is 339 Å². The fourth-order valence-corrected chi connectivity index (χ4v) is 6.49. The molecule has 6 rings (SSSR count). The number of phenolic OH excluding ortho intramolecular Hbond substituents is 2. The van der Waals surface area contributed by atoms with Crippen LogP contribution < -0.4 is 0 Å². The van der Waals surface area contributed by atoms with Gasteiger partial charge in [-0.1, -0.05) is 83.9 Å². The molecule has 51 heavy (non-hydrogen) atoms. The van der Waals surface area contributed by atoms with Crippen molar-refractivity contribution in [3.8, 4) is 11.5 Å². The number of rotatable bonds is 6. The van der Waals surface area contributed by atoms with Gasteiger partial charge in [-0.3, -0.25) is 9.11 Å². The van der Waals surface area contributed by atoms with Gasteiger partial charge in [-0.2, -0.15) is 16.8 Å². The van der Waals surface area contributed by atoms with E-state index in [0.717, 1.165) is 22.9 Å². The summed E-state index contributed by atoms with van der Waals surface area (Å²) in [5.74, 6) is -0.192. The molecule has 0 unspecified atom stereocenters. The summed E-state index contributed by atoms with van der Waals surface area (Å²) in [6, 6.07) is 26.0. The van der Waals surface area contributed by atoms with Crippen LogP contribution in [0.5, 0.6) is 11.5 Å². The monoisotopic (exact) mass is 840 g/mol. The van der Waals surface area contributed by atoms with Crippen molar-refractivity contribution in [3.05, 3.63) is 118 Å². The molecule has 0 atom stereocenters. The van der Waals surface area contributed by atoms with E-state index in [9.17, 15) is 36.2 Å². The SMILES string of the molecule is Cc1cc(N=Nc2c(O)ccc3ccccc23)c(S(=O)(=O)O)cc1Cl.Cc1cc(N=Nc2c(O)ccc3ccccc23)c(S(=O)(=O)O)cc1Cl.[Sr]. The molecule has 6 aromatic carbocycles. The maximum atomic E-state index is 11.6. The smallest absolute Gasteiger partial charge is 0.296 e. The van der Waals surface area contributed by atoms with Crippen molar-refractivity contribution in [3.63, 3.8) is 0 Å². The third kappa shape index (κ3) is 9.50. The number of benzene rings is 6. The molecule has 0 aliphatic rings. The Morgan fingerprint density at radius 2 is 0.882 bits per heavy atom. The van der Waals surface area contributed by atoms with Gasteiger partial charge in [-0.15, -0.1) is 20.5 Å². The van der Waals surface area contributed by atoms with Gasteiger partial charge in [0.25, 0.3) is 20.2 Å². The van der Waals surface area contributed by atoms with Gasteiger partial charge in [0.05, 0.1) is 0 Å². The minimum Gasteiger partial charge on any atom is -0.506 e. The minimum atomic E-state index is -4.53. The summed E-state index contributed by atoms with van der Waals surface area (Å²) in [6.07, 6.45) is 0. The molecule has 0 heterocycles. The average Bonchev–Trinajstić information content (AvgIpc) is 3.06. The molecule has 2 radical (unpaired) electrons. The van der Waals surface area contributed by atoms with E-state index in [-0.39, 0.29) is 89.8 Å². The number of halogens is 2. The van der Waals surface area contributed by atoms with Gasteiger partial charge in [-0.05, 0) is 72.1 Å². The van der Waals surface area contributed by atoms with Crippen molar-refractivity contribution in [2.45, 2.75) is 23.6 Å². The zero-order valence-corrected chi connectivity index (χ0v) is 33.3. The van der Waals surface area contributed by atoms with E-state index in [1.54, 1.807) is 50.2 Å². The predicted octanol–water partition coefficient (Wildman–Crippen LogP) is 9.96.